The summed E-state index contributed by atoms with van der Waals surface area (Å²) < 4.78 is 29.1. The molecule has 0 spiro atoms. The van der Waals surface area contributed by atoms with Crippen LogP contribution < -0.4 is 0 Å². The van der Waals surface area contributed by atoms with Gasteiger partial charge in [0.25, 0.3) is 0 Å². The summed E-state index contributed by atoms with van der Waals surface area (Å²) in [6.07, 6.45) is -1.24. The third-order valence-electron chi connectivity index (χ3n) is 2.83. The molecule has 0 aliphatic carbocycles. The van der Waals surface area contributed by atoms with Crippen LogP contribution in [-0.2, 0) is 24.3 Å². The average molecular weight is 281 g/mol. The van der Waals surface area contributed by atoms with E-state index in [4.69, 9.17) is 5.11 Å². The summed E-state index contributed by atoms with van der Waals surface area (Å²) in [6, 6.07) is -1.35. The molecule has 1 aliphatic rings. The number of aliphatic hydroxyl groups excluding tert-OH is 1. The highest BCUT2D eigenvalue weighted by atomic mass is 32.2. The Kier molecular flexibility index (Phi) is 4.30. The van der Waals surface area contributed by atoms with E-state index < -0.39 is 39.4 Å². The Balaban J connectivity index is 3.04. The molecule has 3 atom stereocenters. The lowest BCUT2D eigenvalue weighted by Gasteiger charge is -2.23. The van der Waals surface area contributed by atoms with Crippen molar-refractivity contribution in [3.63, 3.8) is 0 Å². The topological polar surface area (TPSA) is 121 Å². The molecule has 0 aromatic heterocycles. The molecule has 0 radical (unpaired) electrons. The van der Waals surface area contributed by atoms with E-state index >= 15 is 0 Å². The highest BCUT2D eigenvalue weighted by molar-refractivity contribution is 7.90. The number of rotatable bonds is 4. The van der Waals surface area contributed by atoms with E-state index in [0.29, 0.717) is 4.31 Å². The maximum atomic E-state index is 12.0. The quantitative estimate of drug-likeness (QED) is 0.595. The Morgan fingerprint density at radius 2 is 2.00 bits per heavy atom. The Morgan fingerprint density at radius 1 is 1.44 bits per heavy atom. The largest absolute Gasteiger partial charge is 0.480 e. The van der Waals surface area contributed by atoms with Crippen LogP contribution in [0.3, 0.4) is 0 Å². The van der Waals surface area contributed by atoms with Gasteiger partial charge < -0.3 is 14.9 Å². The maximum Gasteiger partial charge on any atom is 0.325 e. The second kappa shape index (κ2) is 5.21. The van der Waals surface area contributed by atoms with Crippen LogP contribution in [0, 0.1) is 0 Å². The van der Waals surface area contributed by atoms with Gasteiger partial charge in [-0.15, -0.1) is 0 Å². The van der Waals surface area contributed by atoms with Crippen molar-refractivity contribution in [2.24, 2.45) is 0 Å². The van der Waals surface area contributed by atoms with Crippen LogP contribution in [0.1, 0.15) is 13.3 Å². The number of aliphatic hydroxyl groups is 1. The number of aliphatic carboxylic acids is 1. The summed E-state index contributed by atoms with van der Waals surface area (Å²) >= 11 is 0. The highest BCUT2D eigenvalue weighted by Crippen LogP contribution is 2.24. The monoisotopic (exact) mass is 281 g/mol. The lowest BCUT2D eigenvalue weighted by atomic mass is 10.2. The number of ether oxygens (including phenoxy) is 1. The van der Waals surface area contributed by atoms with Crippen molar-refractivity contribution in [3.05, 3.63) is 0 Å². The third kappa shape index (κ3) is 2.62. The van der Waals surface area contributed by atoms with E-state index in [0.717, 1.165) is 14.0 Å². The summed E-state index contributed by atoms with van der Waals surface area (Å²) in [4.78, 5) is 22.2. The zero-order chi connectivity index (χ0) is 14.1. The van der Waals surface area contributed by atoms with Crippen LogP contribution in [0.4, 0.5) is 0 Å². The number of methoxy groups -OCH3 is 1. The van der Waals surface area contributed by atoms with Gasteiger partial charge in [0.2, 0.25) is 10.0 Å². The number of sulfonamides is 1. The fourth-order valence-corrected chi connectivity index (χ4v) is 3.44. The van der Waals surface area contributed by atoms with Crippen molar-refractivity contribution < 1.29 is 33.0 Å². The molecule has 0 bridgehead atoms. The molecule has 8 nitrogen and oxygen atoms in total. The van der Waals surface area contributed by atoms with Crippen LogP contribution >= 0.6 is 0 Å². The molecule has 0 aromatic rings. The second-order valence-electron chi connectivity index (χ2n) is 4.02. The van der Waals surface area contributed by atoms with E-state index in [2.05, 4.69) is 4.74 Å². The number of esters is 1. The molecular formula is C9H15NO7S. The lowest BCUT2D eigenvalue weighted by Crippen LogP contribution is -2.46. The normalized spacial score (nSPS) is 26.8. The van der Waals surface area contributed by atoms with Crippen LogP contribution in [0.15, 0.2) is 0 Å². The van der Waals surface area contributed by atoms with E-state index in [1.807, 2.05) is 0 Å². The summed E-state index contributed by atoms with van der Waals surface area (Å²) in [7, 11) is -3.12. The first-order valence-electron chi connectivity index (χ1n) is 5.21. The molecule has 0 saturated carbocycles. The molecule has 1 saturated heterocycles. The van der Waals surface area contributed by atoms with Crippen LogP contribution in [-0.4, -0.2) is 65.9 Å². The van der Waals surface area contributed by atoms with Crippen LogP contribution in [0.5, 0.6) is 0 Å². The van der Waals surface area contributed by atoms with Gasteiger partial charge in [0, 0.05) is 13.0 Å². The molecule has 1 fully saturated rings. The minimum absolute atomic E-state index is 0.192. The van der Waals surface area contributed by atoms with Gasteiger partial charge in [-0.3, -0.25) is 9.59 Å². The first kappa shape index (κ1) is 14.9. The molecule has 18 heavy (non-hydrogen) atoms. The number of carbonyl (C=O) groups is 2. The van der Waals surface area contributed by atoms with E-state index in [1.54, 1.807) is 0 Å². The first-order chi connectivity index (χ1) is 8.21. The predicted molar refractivity (Wildman–Crippen MR) is 59.2 cm³/mol. The third-order valence-corrected chi connectivity index (χ3v) is 4.97. The Hall–Kier alpha value is -1.19. The second-order valence-corrected chi connectivity index (χ2v) is 6.23. The minimum Gasteiger partial charge on any atom is -0.480 e. The standard InChI is InChI=1S/C9H15NO7S/c1-5(9(14)17-2)18(15,16)10-4-6(11)3-7(10)8(12)13/h5-7,11H,3-4H2,1-2H3,(H,12,13)/t5?,6-,7-/m0/s1. The lowest BCUT2D eigenvalue weighted by molar-refractivity contribution is -0.142. The summed E-state index contributed by atoms with van der Waals surface area (Å²) in [5.74, 6) is -2.33. The Labute approximate surface area is 104 Å². The molecule has 0 aromatic carbocycles. The van der Waals surface area contributed by atoms with Crippen LogP contribution in [0.2, 0.25) is 0 Å². The van der Waals surface area contributed by atoms with E-state index in [9.17, 15) is 23.1 Å². The van der Waals surface area contributed by atoms with Gasteiger partial charge in [-0.25, -0.2) is 8.42 Å². The molecule has 104 valence electrons. The average Bonchev–Trinajstić information content (AvgIpc) is 2.70. The van der Waals surface area contributed by atoms with Gasteiger partial charge in [0.1, 0.15) is 6.04 Å². The molecule has 9 heteroatoms. The predicted octanol–water partition coefficient (Wildman–Crippen LogP) is -1.60. The van der Waals surface area contributed by atoms with E-state index in [-0.39, 0.29) is 13.0 Å². The van der Waals surface area contributed by atoms with Crippen LogP contribution in [0.25, 0.3) is 0 Å². The van der Waals surface area contributed by atoms with Gasteiger partial charge in [-0.2, -0.15) is 4.31 Å². The van der Waals surface area contributed by atoms with Gasteiger partial charge >= 0.3 is 11.9 Å². The molecular weight excluding hydrogens is 266 g/mol. The zero-order valence-corrected chi connectivity index (χ0v) is 10.8. The molecule has 1 aliphatic heterocycles. The SMILES string of the molecule is COC(=O)C(C)S(=O)(=O)N1C[C@@H](O)C[C@H]1C(=O)O. The zero-order valence-electron chi connectivity index (χ0n) is 9.94. The van der Waals surface area contributed by atoms with Crippen molar-refractivity contribution in [1.29, 1.82) is 0 Å². The number of hydrogen-bond donors (Lipinski definition) is 2. The van der Waals surface area contributed by atoms with Gasteiger partial charge in [-0.05, 0) is 6.92 Å². The van der Waals surface area contributed by atoms with Gasteiger partial charge in [0.05, 0.1) is 13.2 Å². The van der Waals surface area contributed by atoms with Gasteiger partial charge in [-0.1, -0.05) is 0 Å². The fraction of sp³-hybridized carbons (Fsp3) is 0.778. The van der Waals surface area contributed by atoms with Crippen molar-refractivity contribution in [1.82, 2.24) is 4.31 Å². The Morgan fingerprint density at radius 3 is 2.44 bits per heavy atom. The smallest absolute Gasteiger partial charge is 0.325 e. The molecule has 2 N–H and O–H groups in total. The number of nitrogens with zero attached hydrogens (tertiary/aromatic N) is 1. The fourth-order valence-electron chi connectivity index (χ4n) is 1.78. The van der Waals surface area contributed by atoms with Gasteiger partial charge in [0.15, 0.2) is 5.25 Å². The summed E-state index contributed by atoms with van der Waals surface area (Å²) in [6.45, 7) is 0.783. The number of β-amino-alcohol motifs (C(OH)–C–C–N with tert-alkyl or cyclic N) is 1. The molecule has 1 rings (SSSR count). The van der Waals surface area contributed by atoms with Crippen molar-refractivity contribution in [2.45, 2.75) is 30.7 Å². The number of hydrogen-bond acceptors (Lipinski definition) is 6. The molecule has 1 unspecified atom stereocenters. The van der Waals surface area contributed by atoms with Crippen molar-refractivity contribution in [3.8, 4) is 0 Å². The molecule has 1 heterocycles. The Bertz CT molecular complexity index is 446. The number of carbonyl (C=O) groups excluding carboxylic acids is 1. The summed E-state index contributed by atoms with van der Waals surface area (Å²) in [5, 5.41) is 16.8. The number of carboxylic acid groups (broad SMARTS) is 1. The molecule has 0 amide bonds. The summed E-state index contributed by atoms with van der Waals surface area (Å²) in [5.41, 5.74) is 0. The maximum absolute atomic E-state index is 12.0. The first-order valence-corrected chi connectivity index (χ1v) is 6.71. The minimum atomic E-state index is -4.16. The highest BCUT2D eigenvalue weighted by Gasteiger charge is 2.46. The van der Waals surface area contributed by atoms with Crippen molar-refractivity contribution >= 4 is 22.0 Å². The van der Waals surface area contributed by atoms with E-state index in [1.165, 1.54) is 0 Å². The number of carboxylic acids is 1. The van der Waals surface area contributed by atoms with Crippen molar-refractivity contribution in [2.75, 3.05) is 13.7 Å².